The summed E-state index contributed by atoms with van der Waals surface area (Å²) in [5.41, 5.74) is 3.28. The van der Waals surface area contributed by atoms with Crippen molar-refractivity contribution in [2.75, 3.05) is 19.0 Å². The number of carbonyl (C=O) groups excluding carboxylic acids is 1. The van der Waals surface area contributed by atoms with Gasteiger partial charge in [0.1, 0.15) is 17.4 Å². The molecular formula is C31H28FN3O2. The van der Waals surface area contributed by atoms with Crippen molar-refractivity contribution in [3.05, 3.63) is 132 Å². The molecule has 5 nitrogen and oxygen atoms in total. The van der Waals surface area contributed by atoms with Gasteiger partial charge in [0.2, 0.25) is 5.91 Å². The smallest absolute Gasteiger partial charge is 0.235 e. The van der Waals surface area contributed by atoms with Crippen LogP contribution in [0.25, 0.3) is 10.9 Å². The molecule has 1 amide bonds. The Morgan fingerprint density at radius 2 is 1.54 bits per heavy atom. The van der Waals surface area contributed by atoms with E-state index in [2.05, 4.69) is 0 Å². The Bertz CT molecular complexity index is 1450. The molecule has 0 saturated heterocycles. The molecule has 3 aromatic carbocycles. The highest BCUT2D eigenvalue weighted by molar-refractivity contribution is 5.88. The number of hydrogen-bond donors (Lipinski definition) is 0. The molecule has 0 aliphatic rings. The van der Waals surface area contributed by atoms with Gasteiger partial charge >= 0.3 is 0 Å². The summed E-state index contributed by atoms with van der Waals surface area (Å²) in [7, 11) is 3.79. The summed E-state index contributed by atoms with van der Waals surface area (Å²) in [6.07, 6.45) is 1.61. The van der Waals surface area contributed by atoms with Gasteiger partial charge < -0.3 is 14.2 Å². The Balaban J connectivity index is 1.59. The zero-order chi connectivity index (χ0) is 25.8. The number of fused-ring (bicyclic) bond motifs is 1. The first-order valence-corrected chi connectivity index (χ1v) is 12.2. The third-order valence-corrected chi connectivity index (χ3v) is 6.37. The number of aromatic nitrogens is 1. The second-order valence-electron chi connectivity index (χ2n) is 9.23. The van der Waals surface area contributed by atoms with Gasteiger partial charge in [0, 0.05) is 37.7 Å². The van der Waals surface area contributed by atoms with E-state index in [1.165, 1.54) is 12.1 Å². The van der Waals surface area contributed by atoms with Crippen LogP contribution in [0, 0.1) is 5.82 Å². The van der Waals surface area contributed by atoms with Crippen LogP contribution in [0.3, 0.4) is 0 Å². The molecule has 0 N–H and O–H groups in total. The minimum Gasteiger partial charge on any atom is -0.467 e. The molecular weight excluding hydrogens is 465 g/mol. The van der Waals surface area contributed by atoms with E-state index in [1.54, 1.807) is 12.3 Å². The van der Waals surface area contributed by atoms with E-state index in [4.69, 9.17) is 9.40 Å². The van der Waals surface area contributed by atoms with Gasteiger partial charge in [-0.25, -0.2) is 9.37 Å². The average Bonchev–Trinajstić information content (AvgIpc) is 3.42. The molecule has 0 aliphatic heterocycles. The number of hydrogen-bond acceptors (Lipinski definition) is 4. The van der Waals surface area contributed by atoms with Crippen LogP contribution in [0.1, 0.15) is 28.4 Å². The highest BCUT2D eigenvalue weighted by Gasteiger charge is 2.29. The van der Waals surface area contributed by atoms with Crippen LogP contribution in [0.5, 0.6) is 0 Å². The summed E-state index contributed by atoms with van der Waals surface area (Å²) in [4.78, 5) is 22.8. The van der Waals surface area contributed by atoms with Gasteiger partial charge in [0.05, 0.1) is 24.2 Å². The molecule has 0 bridgehead atoms. The Morgan fingerprint density at radius 3 is 2.14 bits per heavy atom. The lowest BCUT2D eigenvalue weighted by atomic mass is 9.89. The lowest BCUT2D eigenvalue weighted by Crippen LogP contribution is -2.35. The normalized spacial score (nSPS) is 11.1. The Morgan fingerprint density at radius 1 is 0.865 bits per heavy atom. The van der Waals surface area contributed by atoms with Gasteiger partial charge in [-0.05, 0) is 41.5 Å². The molecule has 2 heterocycles. The Hall–Kier alpha value is -4.45. The number of amides is 1. The highest BCUT2D eigenvalue weighted by atomic mass is 19.1. The largest absolute Gasteiger partial charge is 0.467 e. The summed E-state index contributed by atoms with van der Waals surface area (Å²) in [5, 5.41) is 0.815. The predicted octanol–water partition coefficient (Wildman–Crippen LogP) is 6.39. The third kappa shape index (κ3) is 5.38. The first-order chi connectivity index (χ1) is 18.0. The van der Waals surface area contributed by atoms with E-state index in [0.29, 0.717) is 30.2 Å². The number of rotatable bonds is 8. The van der Waals surface area contributed by atoms with Gasteiger partial charge in [-0.1, -0.05) is 60.7 Å². The van der Waals surface area contributed by atoms with E-state index < -0.39 is 5.92 Å². The SMILES string of the molecule is CN(C)c1nc2cc(F)ccc2cc1CN(Cc1ccco1)C(=O)C(c1ccccc1)c1ccccc1. The molecule has 0 aliphatic carbocycles. The first kappa shape index (κ1) is 24.3. The Labute approximate surface area is 215 Å². The molecule has 5 rings (SSSR count). The van der Waals surface area contributed by atoms with Crippen molar-refractivity contribution in [3.8, 4) is 0 Å². The van der Waals surface area contributed by atoms with Crippen molar-refractivity contribution in [2.24, 2.45) is 0 Å². The van der Waals surface area contributed by atoms with E-state index in [0.717, 1.165) is 22.1 Å². The van der Waals surface area contributed by atoms with Crippen LogP contribution in [-0.4, -0.2) is 29.9 Å². The summed E-state index contributed by atoms with van der Waals surface area (Å²) < 4.78 is 19.5. The van der Waals surface area contributed by atoms with E-state index >= 15 is 0 Å². The van der Waals surface area contributed by atoms with Crippen molar-refractivity contribution in [1.82, 2.24) is 9.88 Å². The standard InChI is InChI=1S/C31H28FN3O2/c1-34(2)30-25(18-24-15-16-26(32)19-28(24)33-30)20-35(21-27-14-9-17-37-27)31(36)29(22-10-5-3-6-11-22)23-12-7-4-8-13-23/h3-19,29H,20-21H2,1-2H3. The predicted molar refractivity (Wildman–Crippen MR) is 144 cm³/mol. The molecule has 6 heteroatoms. The fraction of sp³-hybridized carbons (Fsp3) is 0.161. The average molecular weight is 494 g/mol. The molecule has 0 fully saturated rings. The van der Waals surface area contributed by atoms with Crippen molar-refractivity contribution in [2.45, 2.75) is 19.0 Å². The van der Waals surface area contributed by atoms with Crippen LogP contribution in [-0.2, 0) is 17.9 Å². The summed E-state index contributed by atoms with van der Waals surface area (Å²) in [6.45, 7) is 0.611. The van der Waals surface area contributed by atoms with E-state index in [-0.39, 0.29) is 11.7 Å². The number of pyridine rings is 1. The summed E-state index contributed by atoms with van der Waals surface area (Å²) in [5.74, 6) is 0.516. The van der Waals surface area contributed by atoms with E-state index in [1.807, 2.05) is 103 Å². The summed E-state index contributed by atoms with van der Waals surface area (Å²) >= 11 is 0. The van der Waals surface area contributed by atoms with Crippen molar-refractivity contribution in [3.63, 3.8) is 0 Å². The minimum absolute atomic E-state index is 0.0438. The number of furan rings is 1. The van der Waals surface area contributed by atoms with Gasteiger partial charge in [-0.2, -0.15) is 0 Å². The molecule has 37 heavy (non-hydrogen) atoms. The van der Waals surface area contributed by atoms with E-state index in [9.17, 15) is 9.18 Å². The maximum atomic E-state index is 14.4. The maximum Gasteiger partial charge on any atom is 0.235 e. The van der Waals surface area contributed by atoms with Crippen LogP contribution in [0.2, 0.25) is 0 Å². The molecule has 2 aromatic heterocycles. The lowest BCUT2D eigenvalue weighted by molar-refractivity contribution is -0.133. The number of nitrogens with zero attached hydrogens (tertiary/aromatic N) is 3. The fourth-order valence-electron chi connectivity index (χ4n) is 4.64. The van der Waals surface area contributed by atoms with Crippen LogP contribution >= 0.6 is 0 Å². The second-order valence-corrected chi connectivity index (χ2v) is 9.23. The van der Waals surface area contributed by atoms with Crippen molar-refractivity contribution >= 4 is 22.6 Å². The van der Waals surface area contributed by atoms with Gasteiger partial charge in [0.15, 0.2) is 0 Å². The van der Waals surface area contributed by atoms with Crippen LogP contribution in [0.15, 0.2) is 108 Å². The van der Waals surface area contributed by atoms with Gasteiger partial charge in [-0.3, -0.25) is 4.79 Å². The lowest BCUT2D eigenvalue weighted by Gasteiger charge is -2.29. The number of benzene rings is 3. The third-order valence-electron chi connectivity index (χ3n) is 6.37. The molecule has 0 unspecified atom stereocenters. The number of halogens is 1. The zero-order valence-electron chi connectivity index (χ0n) is 20.8. The molecule has 0 atom stereocenters. The first-order valence-electron chi connectivity index (χ1n) is 12.2. The topological polar surface area (TPSA) is 49.6 Å². The molecule has 5 aromatic rings. The maximum absolute atomic E-state index is 14.4. The minimum atomic E-state index is -0.484. The number of anilines is 1. The number of carbonyl (C=O) groups is 1. The molecule has 0 radical (unpaired) electrons. The summed E-state index contributed by atoms with van der Waals surface area (Å²) in [6, 6.07) is 29.9. The molecule has 186 valence electrons. The van der Waals surface area contributed by atoms with Crippen LogP contribution < -0.4 is 4.90 Å². The van der Waals surface area contributed by atoms with Crippen LogP contribution in [0.4, 0.5) is 10.2 Å². The molecule has 0 saturated carbocycles. The van der Waals surface area contributed by atoms with Crippen molar-refractivity contribution < 1.29 is 13.6 Å². The highest BCUT2D eigenvalue weighted by Crippen LogP contribution is 2.30. The van der Waals surface area contributed by atoms with Gasteiger partial charge in [-0.15, -0.1) is 0 Å². The fourth-order valence-corrected chi connectivity index (χ4v) is 4.64. The molecule has 0 spiro atoms. The zero-order valence-corrected chi connectivity index (χ0v) is 20.8. The monoisotopic (exact) mass is 493 g/mol. The second kappa shape index (κ2) is 10.7. The quantitative estimate of drug-likeness (QED) is 0.251. The van der Waals surface area contributed by atoms with Gasteiger partial charge in [0.25, 0.3) is 0 Å². The van der Waals surface area contributed by atoms with Crippen molar-refractivity contribution in [1.29, 1.82) is 0 Å². The Kier molecular flexibility index (Phi) is 6.99.